The predicted octanol–water partition coefficient (Wildman–Crippen LogP) is 7.93. The molecule has 39 heavy (non-hydrogen) atoms. The van der Waals surface area contributed by atoms with Crippen molar-refractivity contribution in [3.63, 3.8) is 0 Å². The first-order valence-electron chi connectivity index (χ1n) is 14.3. The summed E-state index contributed by atoms with van der Waals surface area (Å²) in [4.78, 5) is 0. The smallest absolute Gasteiger partial charge is 0.261 e. The van der Waals surface area contributed by atoms with Gasteiger partial charge in [-0.1, -0.05) is 106 Å². The Labute approximate surface area is 238 Å². The molecule has 210 valence electrons. The Balaban J connectivity index is 1.68. The Bertz CT molecular complexity index is 1080. The van der Waals surface area contributed by atoms with Crippen LogP contribution < -0.4 is 15.1 Å². The number of methoxy groups -OCH3 is 1. The molecule has 0 radical (unpaired) electrons. The van der Waals surface area contributed by atoms with Crippen LogP contribution in [0.2, 0.25) is 5.04 Å². The highest BCUT2D eigenvalue weighted by Crippen LogP contribution is 2.37. The van der Waals surface area contributed by atoms with Gasteiger partial charge in [0.25, 0.3) is 8.32 Å². The second-order valence-electron chi connectivity index (χ2n) is 11.8. The zero-order chi connectivity index (χ0) is 28.3. The van der Waals surface area contributed by atoms with E-state index in [4.69, 9.17) is 13.9 Å². The minimum Gasteiger partial charge on any atom is -0.497 e. The predicted molar refractivity (Wildman–Crippen MR) is 168 cm³/mol. The molecular weight excluding hydrogens is 496 g/mol. The number of unbranched alkanes of at least 4 members (excludes halogenated alkanes) is 1. The third kappa shape index (κ3) is 8.41. The summed E-state index contributed by atoms with van der Waals surface area (Å²) in [5.41, 5.74) is 2.37. The fourth-order valence-corrected chi connectivity index (χ4v) is 10.2. The quantitative estimate of drug-likeness (QED) is 0.110. The molecule has 3 rings (SSSR count). The largest absolute Gasteiger partial charge is 0.497 e. The molecule has 0 heterocycles. The van der Waals surface area contributed by atoms with E-state index in [0.717, 1.165) is 38.0 Å². The summed E-state index contributed by atoms with van der Waals surface area (Å²) < 4.78 is 18.9. The van der Waals surface area contributed by atoms with Gasteiger partial charge in [0.1, 0.15) is 5.75 Å². The first-order valence-corrected chi connectivity index (χ1v) is 16.2. The lowest BCUT2D eigenvalue weighted by Gasteiger charge is -2.43. The first kappa shape index (κ1) is 30.9. The van der Waals surface area contributed by atoms with Crippen molar-refractivity contribution in [3.05, 3.63) is 103 Å². The lowest BCUT2D eigenvalue weighted by atomic mass is 9.93. The van der Waals surface area contributed by atoms with Gasteiger partial charge in [0.05, 0.1) is 19.8 Å². The molecule has 0 aliphatic heterocycles. The van der Waals surface area contributed by atoms with Gasteiger partial charge in [0.15, 0.2) is 0 Å². The molecule has 0 spiro atoms. The number of allylic oxidation sites excluding steroid dienone is 1. The van der Waals surface area contributed by atoms with Crippen LogP contribution in [-0.2, 0) is 15.8 Å². The summed E-state index contributed by atoms with van der Waals surface area (Å²) in [6.07, 6.45) is 4.23. The zero-order valence-corrected chi connectivity index (χ0v) is 25.9. The van der Waals surface area contributed by atoms with E-state index < -0.39 is 8.32 Å². The van der Waals surface area contributed by atoms with Crippen LogP contribution >= 0.6 is 0 Å². The highest BCUT2D eigenvalue weighted by molar-refractivity contribution is 6.99. The summed E-state index contributed by atoms with van der Waals surface area (Å²) in [5.74, 6) is 1.28. The summed E-state index contributed by atoms with van der Waals surface area (Å²) in [6.45, 7) is 16.9. The van der Waals surface area contributed by atoms with Crippen molar-refractivity contribution >= 4 is 18.7 Å². The second-order valence-corrected chi connectivity index (χ2v) is 16.1. The molecule has 4 heteroatoms. The Morgan fingerprint density at radius 1 is 0.846 bits per heavy atom. The Kier molecular flexibility index (Phi) is 11.6. The van der Waals surface area contributed by atoms with Crippen LogP contribution in [0, 0.1) is 5.92 Å². The fourth-order valence-electron chi connectivity index (χ4n) is 5.57. The molecule has 0 saturated heterocycles. The molecule has 0 N–H and O–H groups in total. The van der Waals surface area contributed by atoms with Crippen LogP contribution in [0.25, 0.3) is 0 Å². The zero-order valence-electron chi connectivity index (χ0n) is 24.9. The van der Waals surface area contributed by atoms with Crippen molar-refractivity contribution < 1.29 is 13.9 Å². The Morgan fingerprint density at radius 3 is 1.90 bits per heavy atom. The number of benzene rings is 3. The van der Waals surface area contributed by atoms with E-state index >= 15 is 0 Å². The first-order chi connectivity index (χ1) is 18.7. The lowest BCUT2D eigenvalue weighted by molar-refractivity contribution is -0.00147. The van der Waals surface area contributed by atoms with E-state index in [-0.39, 0.29) is 11.1 Å². The van der Waals surface area contributed by atoms with E-state index in [1.165, 1.54) is 21.5 Å². The van der Waals surface area contributed by atoms with Crippen molar-refractivity contribution in [2.24, 2.45) is 5.92 Å². The third-order valence-electron chi connectivity index (χ3n) is 7.55. The van der Waals surface area contributed by atoms with E-state index in [1.54, 1.807) is 7.11 Å². The molecule has 0 amide bonds. The number of ether oxygens (including phenoxy) is 2. The topological polar surface area (TPSA) is 27.7 Å². The highest BCUT2D eigenvalue weighted by Gasteiger charge is 2.49. The van der Waals surface area contributed by atoms with E-state index in [2.05, 4.69) is 114 Å². The van der Waals surface area contributed by atoms with Crippen LogP contribution in [0.1, 0.15) is 65.9 Å². The maximum absolute atomic E-state index is 7.10. The molecule has 0 saturated carbocycles. The van der Waals surface area contributed by atoms with Gasteiger partial charge in [-0.3, -0.25) is 0 Å². The summed E-state index contributed by atoms with van der Waals surface area (Å²) in [6, 6.07) is 29.9. The van der Waals surface area contributed by atoms with Gasteiger partial charge in [-0.05, 0) is 71.6 Å². The fraction of sp³-hybridized carbons (Fsp3) is 0.429. The van der Waals surface area contributed by atoms with Crippen molar-refractivity contribution in [1.82, 2.24) is 0 Å². The van der Waals surface area contributed by atoms with Gasteiger partial charge < -0.3 is 13.9 Å². The molecular formula is C35H48O3Si. The van der Waals surface area contributed by atoms with Gasteiger partial charge in [0.2, 0.25) is 0 Å². The molecule has 0 fully saturated rings. The van der Waals surface area contributed by atoms with Gasteiger partial charge in [-0.2, -0.15) is 0 Å². The molecule has 0 aliphatic rings. The Hall–Kier alpha value is -2.66. The normalized spacial score (nSPS) is 13.6. The molecule has 0 bridgehead atoms. The van der Waals surface area contributed by atoms with E-state index in [0.29, 0.717) is 12.5 Å². The van der Waals surface area contributed by atoms with Crippen LogP contribution in [0.3, 0.4) is 0 Å². The van der Waals surface area contributed by atoms with E-state index in [1.807, 2.05) is 12.1 Å². The molecule has 0 aliphatic carbocycles. The van der Waals surface area contributed by atoms with Crippen molar-refractivity contribution in [1.29, 1.82) is 0 Å². The number of rotatable bonds is 15. The SMILES string of the molecule is C=C(C)C[C@H](C)[C@H](CCCCO[Si](c1ccccc1)(c1ccccc1)C(C)(C)C)OCc1ccc(OC)cc1. The number of hydrogen-bond acceptors (Lipinski definition) is 3. The average Bonchev–Trinajstić information content (AvgIpc) is 2.92. The monoisotopic (exact) mass is 544 g/mol. The van der Waals surface area contributed by atoms with Crippen LogP contribution in [0.4, 0.5) is 0 Å². The standard InChI is InChI=1S/C35H48O3Si/c1-28(2)26-29(3)34(37-27-30-21-23-31(36-7)24-22-30)20-14-15-25-38-39(35(4,5)6,32-16-10-8-11-17-32)33-18-12-9-13-19-33/h8-13,16-19,21-24,29,34H,1,14-15,20,25-27H2,2-7H3/t29-,34-/m0/s1. The average molecular weight is 545 g/mol. The summed E-state index contributed by atoms with van der Waals surface area (Å²) in [5, 5.41) is 2.66. The third-order valence-corrected chi connectivity index (χ3v) is 12.6. The maximum atomic E-state index is 7.10. The van der Waals surface area contributed by atoms with Gasteiger partial charge in [-0.25, -0.2) is 0 Å². The molecule has 2 atom stereocenters. The van der Waals surface area contributed by atoms with Crippen LogP contribution in [0.5, 0.6) is 5.75 Å². The molecule has 3 nitrogen and oxygen atoms in total. The summed E-state index contributed by atoms with van der Waals surface area (Å²) in [7, 11) is -0.798. The Morgan fingerprint density at radius 2 is 1.41 bits per heavy atom. The number of hydrogen-bond donors (Lipinski definition) is 0. The molecule has 0 unspecified atom stereocenters. The lowest BCUT2D eigenvalue weighted by Crippen LogP contribution is -2.66. The maximum Gasteiger partial charge on any atom is 0.261 e. The second kappa shape index (κ2) is 14.6. The molecule has 0 aromatic heterocycles. The van der Waals surface area contributed by atoms with Gasteiger partial charge >= 0.3 is 0 Å². The molecule has 3 aromatic rings. The minimum absolute atomic E-state index is 0.00425. The molecule has 3 aromatic carbocycles. The summed E-state index contributed by atoms with van der Waals surface area (Å²) >= 11 is 0. The van der Waals surface area contributed by atoms with Crippen LogP contribution in [0.15, 0.2) is 97.1 Å². The van der Waals surface area contributed by atoms with Gasteiger partial charge in [-0.15, -0.1) is 6.58 Å². The van der Waals surface area contributed by atoms with Crippen LogP contribution in [-0.4, -0.2) is 28.1 Å². The van der Waals surface area contributed by atoms with E-state index in [9.17, 15) is 0 Å². The van der Waals surface area contributed by atoms with Crippen molar-refractivity contribution in [2.45, 2.75) is 78.1 Å². The minimum atomic E-state index is -2.49. The highest BCUT2D eigenvalue weighted by atomic mass is 28.4. The van der Waals surface area contributed by atoms with Crippen molar-refractivity contribution in [3.8, 4) is 5.75 Å². The van der Waals surface area contributed by atoms with Crippen molar-refractivity contribution in [2.75, 3.05) is 13.7 Å². The van der Waals surface area contributed by atoms with Gasteiger partial charge in [0, 0.05) is 6.61 Å².